The van der Waals surface area contributed by atoms with E-state index in [9.17, 15) is 23.3 Å². The molecule has 0 spiro atoms. The predicted octanol–water partition coefficient (Wildman–Crippen LogP) is 0.778. The van der Waals surface area contributed by atoms with E-state index in [0.29, 0.717) is 0 Å². The molecule has 0 unspecified atom stereocenters. The predicted molar refractivity (Wildman–Crippen MR) is 72.3 cm³/mol. The highest BCUT2D eigenvalue weighted by atomic mass is 35.7. The Hall–Kier alpha value is -1.68. The van der Waals surface area contributed by atoms with Crippen LogP contribution in [0.15, 0.2) is 11.1 Å². The van der Waals surface area contributed by atoms with E-state index in [1.54, 1.807) is 0 Å². The smallest absolute Gasteiger partial charge is 0.358 e. The molecule has 1 heterocycles. The van der Waals surface area contributed by atoms with Gasteiger partial charge in [-0.15, -0.1) is 0 Å². The number of nitrogens with one attached hydrogen (secondary N) is 1. The Morgan fingerprint density at radius 1 is 1.52 bits per heavy atom. The monoisotopic (exact) mass is 336 g/mol. The van der Waals surface area contributed by atoms with Gasteiger partial charge in [-0.2, -0.15) is 4.68 Å². The summed E-state index contributed by atoms with van der Waals surface area (Å²) < 4.78 is 23.4. The Bertz CT molecular complexity index is 665. The third kappa shape index (κ3) is 3.91. The van der Waals surface area contributed by atoms with Crippen molar-refractivity contribution >= 4 is 31.5 Å². The molecule has 1 aliphatic rings. The molecule has 0 aliphatic heterocycles. The molecule has 0 radical (unpaired) electrons. The number of nitrogens with zero attached hydrogens (tertiary/aromatic N) is 3. The van der Waals surface area contributed by atoms with E-state index in [-0.39, 0.29) is 18.5 Å². The maximum Gasteiger partial charge on any atom is 0.410 e. The summed E-state index contributed by atoms with van der Waals surface area (Å²) >= 11 is 0. The number of nitro groups is 1. The Balaban J connectivity index is 2.13. The molecule has 0 bridgehead atoms. The summed E-state index contributed by atoms with van der Waals surface area (Å²) in [5, 5.41) is 17.0. The zero-order valence-corrected chi connectivity index (χ0v) is 12.4. The third-order valence-electron chi connectivity index (χ3n) is 3.17. The largest absolute Gasteiger partial charge is 0.410 e. The van der Waals surface area contributed by atoms with Crippen molar-refractivity contribution in [2.75, 3.05) is 0 Å². The van der Waals surface area contributed by atoms with Crippen molar-refractivity contribution in [3.63, 3.8) is 0 Å². The fourth-order valence-corrected chi connectivity index (χ4v) is 3.17. The average Bonchev–Trinajstić information content (AvgIpc) is 2.96. The molecule has 1 aromatic rings. The Morgan fingerprint density at radius 2 is 2.14 bits per heavy atom. The van der Waals surface area contributed by atoms with Gasteiger partial charge >= 0.3 is 5.82 Å². The molecule has 1 aliphatic carbocycles. The van der Waals surface area contributed by atoms with Crippen molar-refractivity contribution in [3.05, 3.63) is 16.3 Å². The van der Waals surface area contributed by atoms with Gasteiger partial charge in [0.15, 0.2) is 0 Å². The first kappa shape index (κ1) is 15.7. The van der Waals surface area contributed by atoms with Gasteiger partial charge in [0, 0.05) is 16.7 Å². The van der Waals surface area contributed by atoms with Crippen molar-refractivity contribution < 1.29 is 18.1 Å². The molecule has 0 saturated heterocycles. The minimum Gasteiger partial charge on any atom is -0.358 e. The zero-order valence-electron chi connectivity index (χ0n) is 10.9. The van der Waals surface area contributed by atoms with Crippen LogP contribution in [-0.4, -0.2) is 35.1 Å². The third-order valence-corrected chi connectivity index (χ3v) is 4.48. The van der Waals surface area contributed by atoms with Crippen LogP contribution in [0, 0.1) is 10.1 Å². The normalized spacial score (nSPS) is 16.0. The molecule has 1 fully saturated rings. The fraction of sp³-hybridized carbons (Fsp3) is 0.600. The molecule has 2 rings (SSSR count). The lowest BCUT2D eigenvalue weighted by molar-refractivity contribution is -0.392. The topological polar surface area (TPSA) is 124 Å². The van der Waals surface area contributed by atoms with Crippen LogP contribution in [0.3, 0.4) is 0 Å². The molecule has 0 atom stereocenters. The van der Waals surface area contributed by atoms with Crippen LogP contribution in [0.25, 0.3) is 0 Å². The van der Waals surface area contributed by atoms with Crippen molar-refractivity contribution in [1.29, 1.82) is 0 Å². The molecule has 9 nitrogen and oxygen atoms in total. The first-order valence-corrected chi connectivity index (χ1v) is 8.54. The second-order valence-electron chi connectivity index (χ2n) is 4.76. The summed E-state index contributed by atoms with van der Waals surface area (Å²) in [7, 11) is 0.809. The maximum atomic E-state index is 11.8. The van der Waals surface area contributed by atoms with Crippen LogP contribution < -0.4 is 5.32 Å². The van der Waals surface area contributed by atoms with E-state index in [4.69, 9.17) is 10.7 Å². The van der Waals surface area contributed by atoms with Crippen molar-refractivity contribution in [2.24, 2.45) is 0 Å². The molecule has 1 aromatic heterocycles. The average molecular weight is 337 g/mol. The van der Waals surface area contributed by atoms with E-state index in [2.05, 4.69) is 10.4 Å². The van der Waals surface area contributed by atoms with Gasteiger partial charge in [-0.05, 0) is 17.8 Å². The summed E-state index contributed by atoms with van der Waals surface area (Å²) in [6.45, 7) is -0.302. The van der Waals surface area contributed by atoms with Gasteiger partial charge in [-0.25, -0.2) is 8.42 Å². The van der Waals surface area contributed by atoms with Gasteiger partial charge in [0.1, 0.15) is 6.54 Å². The number of carbonyl (C=O) groups is 1. The SMILES string of the molecule is O=C(Cn1cc(S(=O)(=O)Cl)c([N+](=O)[O-])n1)NC1CCCC1. The lowest BCUT2D eigenvalue weighted by Crippen LogP contribution is -2.35. The first-order valence-electron chi connectivity index (χ1n) is 6.23. The minimum absolute atomic E-state index is 0.0966. The molecule has 21 heavy (non-hydrogen) atoms. The van der Waals surface area contributed by atoms with E-state index in [1.807, 2.05) is 0 Å². The Morgan fingerprint density at radius 3 is 2.62 bits per heavy atom. The number of carbonyl (C=O) groups excluding carboxylic acids is 1. The molecule has 1 saturated carbocycles. The summed E-state index contributed by atoms with van der Waals surface area (Å²) in [6, 6.07) is 0.0966. The standard InChI is InChI=1S/C10H13ClN4O5S/c11-21(19,20)8-5-14(13-10(8)15(17)18)6-9(16)12-7-3-1-2-4-7/h5,7H,1-4,6H2,(H,12,16). The highest BCUT2D eigenvalue weighted by molar-refractivity contribution is 8.13. The second-order valence-corrected chi connectivity index (χ2v) is 7.29. The lowest BCUT2D eigenvalue weighted by atomic mass is 10.2. The van der Waals surface area contributed by atoms with Gasteiger partial charge in [0.25, 0.3) is 9.05 Å². The first-order chi connectivity index (χ1) is 9.77. The van der Waals surface area contributed by atoms with E-state index < -0.39 is 24.7 Å². The number of aromatic nitrogens is 2. The number of halogens is 1. The van der Waals surface area contributed by atoms with Crippen LogP contribution >= 0.6 is 10.7 Å². The summed E-state index contributed by atoms with van der Waals surface area (Å²) in [5.74, 6) is -1.27. The van der Waals surface area contributed by atoms with Gasteiger partial charge in [0.05, 0.1) is 11.3 Å². The highest BCUT2D eigenvalue weighted by Crippen LogP contribution is 2.25. The fourth-order valence-electron chi connectivity index (χ4n) is 2.26. The van der Waals surface area contributed by atoms with Crippen LogP contribution in [-0.2, 0) is 20.4 Å². The summed E-state index contributed by atoms with van der Waals surface area (Å²) in [4.78, 5) is 20.9. The second kappa shape index (κ2) is 5.98. The molecule has 116 valence electrons. The van der Waals surface area contributed by atoms with E-state index >= 15 is 0 Å². The van der Waals surface area contributed by atoms with Crippen LogP contribution in [0.4, 0.5) is 5.82 Å². The number of hydrogen-bond acceptors (Lipinski definition) is 6. The molecule has 1 N–H and O–H groups in total. The zero-order chi connectivity index (χ0) is 15.6. The quantitative estimate of drug-likeness (QED) is 0.481. The Kier molecular flexibility index (Phi) is 4.47. The van der Waals surface area contributed by atoms with Crippen molar-refractivity contribution in [3.8, 4) is 0 Å². The van der Waals surface area contributed by atoms with Gasteiger partial charge < -0.3 is 15.4 Å². The van der Waals surface area contributed by atoms with E-state index in [1.165, 1.54) is 0 Å². The van der Waals surface area contributed by atoms with Gasteiger partial charge in [-0.1, -0.05) is 12.8 Å². The molecular weight excluding hydrogens is 324 g/mol. The molecule has 1 amide bonds. The van der Waals surface area contributed by atoms with Gasteiger partial charge in [-0.3, -0.25) is 4.79 Å². The van der Waals surface area contributed by atoms with Crippen molar-refractivity contribution in [1.82, 2.24) is 15.1 Å². The van der Waals surface area contributed by atoms with Crippen LogP contribution in [0.1, 0.15) is 25.7 Å². The van der Waals surface area contributed by atoms with Crippen LogP contribution in [0.5, 0.6) is 0 Å². The molecular formula is C10H13ClN4O5S. The minimum atomic E-state index is -4.30. The van der Waals surface area contributed by atoms with Crippen molar-refractivity contribution in [2.45, 2.75) is 43.2 Å². The number of hydrogen-bond donors (Lipinski definition) is 1. The van der Waals surface area contributed by atoms with Crippen LogP contribution in [0.2, 0.25) is 0 Å². The lowest BCUT2D eigenvalue weighted by Gasteiger charge is -2.10. The Labute approximate surface area is 124 Å². The molecule has 11 heteroatoms. The van der Waals surface area contributed by atoms with Gasteiger partial charge in [0.2, 0.25) is 10.8 Å². The number of rotatable bonds is 5. The van der Waals surface area contributed by atoms with E-state index in [0.717, 1.165) is 36.6 Å². The summed E-state index contributed by atoms with van der Waals surface area (Å²) in [5.41, 5.74) is 0. The summed E-state index contributed by atoms with van der Waals surface area (Å²) in [6.07, 6.45) is 4.77. The highest BCUT2D eigenvalue weighted by Gasteiger charge is 2.30. The molecule has 0 aromatic carbocycles. The number of amides is 1. The maximum absolute atomic E-state index is 11.8.